The van der Waals surface area contributed by atoms with E-state index in [4.69, 9.17) is 4.74 Å². The van der Waals surface area contributed by atoms with Crippen molar-refractivity contribution in [3.63, 3.8) is 0 Å². The Hall–Kier alpha value is -1.19. The first-order chi connectivity index (χ1) is 8.16. The third-order valence-electron chi connectivity index (χ3n) is 3.23. The van der Waals surface area contributed by atoms with E-state index in [2.05, 4.69) is 11.8 Å². The summed E-state index contributed by atoms with van der Waals surface area (Å²) in [5.41, 5.74) is 1.98. The van der Waals surface area contributed by atoms with Gasteiger partial charge in [-0.1, -0.05) is 29.8 Å². The van der Waals surface area contributed by atoms with Gasteiger partial charge in [-0.2, -0.15) is 0 Å². The minimum Gasteiger partial charge on any atom is -0.379 e. The number of carbonyl (C=O) groups excluding carboxylic acids is 1. The molecule has 3 heteroatoms. The lowest BCUT2D eigenvalue weighted by molar-refractivity contribution is 0.00201. The Morgan fingerprint density at radius 2 is 2.12 bits per heavy atom. The summed E-state index contributed by atoms with van der Waals surface area (Å²) in [5.74, 6) is 0.193. The SMILES string of the molecule is Cc1ccc(C(=O)CN2CCOCC2C)cc1. The van der Waals surface area contributed by atoms with Gasteiger partial charge in [0.05, 0.1) is 19.8 Å². The zero-order chi connectivity index (χ0) is 12.3. The van der Waals surface area contributed by atoms with Gasteiger partial charge < -0.3 is 4.74 Å². The molecule has 1 atom stereocenters. The van der Waals surface area contributed by atoms with E-state index in [1.54, 1.807) is 0 Å². The lowest BCUT2D eigenvalue weighted by atomic mass is 10.1. The molecule has 2 rings (SSSR count). The van der Waals surface area contributed by atoms with E-state index in [1.807, 2.05) is 31.2 Å². The molecule has 0 aliphatic carbocycles. The molecular formula is C14H19NO2. The highest BCUT2D eigenvalue weighted by atomic mass is 16.5. The van der Waals surface area contributed by atoms with Crippen LogP contribution in [0, 0.1) is 6.92 Å². The normalized spacial score (nSPS) is 21.4. The Balaban J connectivity index is 1.98. The zero-order valence-electron chi connectivity index (χ0n) is 10.5. The molecule has 1 unspecified atom stereocenters. The summed E-state index contributed by atoms with van der Waals surface area (Å²) in [5, 5.41) is 0. The molecule has 1 aliphatic rings. The summed E-state index contributed by atoms with van der Waals surface area (Å²) in [6.45, 7) is 6.92. The van der Waals surface area contributed by atoms with Gasteiger partial charge in [0, 0.05) is 18.2 Å². The van der Waals surface area contributed by atoms with Gasteiger partial charge in [0.15, 0.2) is 5.78 Å². The van der Waals surface area contributed by atoms with Crippen LogP contribution >= 0.6 is 0 Å². The number of morpholine rings is 1. The summed E-state index contributed by atoms with van der Waals surface area (Å²) in [6.07, 6.45) is 0. The predicted octanol–water partition coefficient (Wildman–Crippen LogP) is 1.90. The zero-order valence-corrected chi connectivity index (χ0v) is 10.5. The molecule has 17 heavy (non-hydrogen) atoms. The number of nitrogens with zero attached hydrogens (tertiary/aromatic N) is 1. The molecule has 1 aliphatic heterocycles. The summed E-state index contributed by atoms with van der Waals surface area (Å²) < 4.78 is 5.36. The van der Waals surface area contributed by atoms with E-state index in [0.29, 0.717) is 12.6 Å². The minimum atomic E-state index is 0.193. The molecule has 3 nitrogen and oxygen atoms in total. The molecule has 92 valence electrons. The fraction of sp³-hybridized carbons (Fsp3) is 0.500. The van der Waals surface area contributed by atoms with Crippen LogP contribution in [-0.2, 0) is 4.74 Å². The molecule has 1 fully saturated rings. The van der Waals surface area contributed by atoms with E-state index >= 15 is 0 Å². The number of Topliss-reactive ketones (excluding diaryl/α,β-unsaturated/α-hetero) is 1. The first-order valence-electron chi connectivity index (χ1n) is 6.08. The largest absolute Gasteiger partial charge is 0.379 e. The number of aryl methyl sites for hydroxylation is 1. The van der Waals surface area contributed by atoms with Gasteiger partial charge in [0.25, 0.3) is 0 Å². The molecule has 0 radical (unpaired) electrons. The lowest BCUT2D eigenvalue weighted by Crippen LogP contribution is -2.45. The highest BCUT2D eigenvalue weighted by Crippen LogP contribution is 2.09. The Morgan fingerprint density at radius 3 is 2.76 bits per heavy atom. The second-order valence-corrected chi connectivity index (χ2v) is 4.68. The van der Waals surface area contributed by atoms with Gasteiger partial charge in [-0.15, -0.1) is 0 Å². The van der Waals surface area contributed by atoms with Crippen molar-refractivity contribution in [1.29, 1.82) is 0 Å². The fourth-order valence-corrected chi connectivity index (χ4v) is 2.01. The molecule has 0 saturated carbocycles. The molecule has 0 amide bonds. The maximum absolute atomic E-state index is 12.1. The van der Waals surface area contributed by atoms with Crippen LogP contribution in [0.5, 0.6) is 0 Å². The highest BCUT2D eigenvalue weighted by molar-refractivity contribution is 5.97. The molecule has 1 heterocycles. The van der Waals surface area contributed by atoms with E-state index < -0.39 is 0 Å². The van der Waals surface area contributed by atoms with Gasteiger partial charge in [-0.05, 0) is 13.8 Å². The van der Waals surface area contributed by atoms with Crippen LogP contribution in [0.25, 0.3) is 0 Å². The monoisotopic (exact) mass is 233 g/mol. The Labute approximate surface area is 102 Å². The molecule has 0 N–H and O–H groups in total. The lowest BCUT2D eigenvalue weighted by Gasteiger charge is -2.32. The van der Waals surface area contributed by atoms with Crippen molar-refractivity contribution in [2.75, 3.05) is 26.3 Å². The van der Waals surface area contributed by atoms with Crippen molar-refractivity contribution >= 4 is 5.78 Å². The van der Waals surface area contributed by atoms with Crippen molar-refractivity contribution in [2.45, 2.75) is 19.9 Å². The van der Waals surface area contributed by atoms with Crippen LogP contribution in [0.4, 0.5) is 0 Å². The fourth-order valence-electron chi connectivity index (χ4n) is 2.01. The smallest absolute Gasteiger partial charge is 0.176 e. The Kier molecular flexibility index (Phi) is 3.92. The second kappa shape index (κ2) is 5.43. The van der Waals surface area contributed by atoms with Crippen LogP contribution in [0.15, 0.2) is 24.3 Å². The topological polar surface area (TPSA) is 29.5 Å². The van der Waals surface area contributed by atoms with Crippen LogP contribution in [0.1, 0.15) is 22.8 Å². The molecule has 0 bridgehead atoms. The van der Waals surface area contributed by atoms with Crippen molar-refractivity contribution in [3.05, 3.63) is 35.4 Å². The predicted molar refractivity (Wildman–Crippen MR) is 67.4 cm³/mol. The average molecular weight is 233 g/mol. The maximum atomic E-state index is 12.1. The summed E-state index contributed by atoms with van der Waals surface area (Å²) in [6, 6.07) is 8.11. The number of ketones is 1. The van der Waals surface area contributed by atoms with Crippen LogP contribution in [-0.4, -0.2) is 43.0 Å². The minimum absolute atomic E-state index is 0.193. The first kappa shape index (κ1) is 12.3. The van der Waals surface area contributed by atoms with E-state index in [9.17, 15) is 4.79 Å². The average Bonchev–Trinajstić information content (AvgIpc) is 2.33. The third-order valence-corrected chi connectivity index (χ3v) is 3.23. The van der Waals surface area contributed by atoms with Crippen molar-refractivity contribution < 1.29 is 9.53 Å². The molecule has 0 spiro atoms. The van der Waals surface area contributed by atoms with Crippen molar-refractivity contribution in [1.82, 2.24) is 4.90 Å². The van der Waals surface area contributed by atoms with Crippen molar-refractivity contribution in [3.8, 4) is 0 Å². The van der Waals surface area contributed by atoms with Crippen LogP contribution in [0.3, 0.4) is 0 Å². The highest BCUT2D eigenvalue weighted by Gasteiger charge is 2.21. The van der Waals surface area contributed by atoms with Gasteiger partial charge in [-0.25, -0.2) is 0 Å². The quantitative estimate of drug-likeness (QED) is 0.747. The second-order valence-electron chi connectivity index (χ2n) is 4.68. The number of rotatable bonds is 3. The van der Waals surface area contributed by atoms with E-state index in [1.165, 1.54) is 5.56 Å². The van der Waals surface area contributed by atoms with Crippen LogP contribution < -0.4 is 0 Å². The van der Waals surface area contributed by atoms with E-state index in [0.717, 1.165) is 25.3 Å². The van der Waals surface area contributed by atoms with Gasteiger partial charge in [0.1, 0.15) is 0 Å². The van der Waals surface area contributed by atoms with Gasteiger partial charge >= 0.3 is 0 Å². The van der Waals surface area contributed by atoms with Crippen LogP contribution in [0.2, 0.25) is 0 Å². The number of hydrogen-bond donors (Lipinski definition) is 0. The van der Waals surface area contributed by atoms with Gasteiger partial charge in [0.2, 0.25) is 0 Å². The van der Waals surface area contributed by atoms with Gasteiger partial charge in [-0.3, -0.25) is 9.69 Å². The number of benzene rings is 1. The maximum Gasteiger partial charge on any atom is 0.176 e. The summed E-state index contributed by atoms with van der Waals surface area (Å²) >= 11 is 0. The third kappa shape index (κ3) is 3.14. The molecular weight excluding hydrogens is 214 g/mol. The number of hydrogen-bond acceptors (Lipinski definition) is 3. The molecule has 1 saturated heterocycles. The Morgan fingerprint density at radius 1 is 1.41 bits per heavy atom. The molecule has 0 aromatic heterocycles. The van der Waals surface area contributed by atoms with Crippen molar-refractivity contribution in [2.24, 2.45) is 0 Å². The number of ether oxygens (including phenoxy) is 1. The number of carbonyl (C=O) groups is 1. The Bertz CT molecular complexity index is 386. The molecule has 1 aromatic rings. The van der Waals surface area contributed by atoms with E-state index in [-0.39, 0.29) is 5.78 Å². The summed E-state index contributed by atoms with van der Waals surface area (Å²) in [7, 11) is 0. The summed E-state index contributed by atoms with van der Waals surface area (Å²) in [4.78, 5) is 14.3. The standard InChI is InChI=1S/C14H19NO2/c1-11-3-5-13(6-4-11)14(16)9-15-7-8-17-10-12(15)2/h3-6,12H,7-10H2,1-2H3. The molecule has 1 aromatic carbocycles. The first-order valence-corrected chi connectivity index (χ1v) is 6.08.